The summed E-state index contributed by atoms with van der Waals surface area (Å²) in [5.41, 5.74) is 5.30. The molecule has 0 bridgehead atoms. The Kier molecular flexibility index (Phi) is 2.95. The third-order valence-electron chi connectivity index (χ3n) is 3.49. The fourth-order valence-corrected chi connectivity index (χ4v) is 2.75. The molecule has 0 radical (unpaired) electrons. The summed E-state index contributed by atoms with van der Waals surface area (Å²) in [5.74, 6) is 0. The first kappa shape index (κ1) is 10.5. The lowest BCUT2D eigenvalue weighted by Crippen LogP contribution is -2.59. The van der Waals surface area contributed by atoms with Gasteiger partial charge < -0.3 is 11.1 Å². The van der Waals surface area contributed by atoms with Crippen LogP contribution in [-0.4, -0.2) is 18.7 Å². The Balaban J connectivity index is 2.13. The zero-order chi connectivity index (χ0) is 10.7. The van der Waals surface area contributed by atoms with Crippen molar-refractivity contribution in [3.63, 3.8) is 0 Å². The summed E-state index contributed by atoms with van der Waals surface area (Å²) in [6, 6.07) is -0.437. The first-order chi connectivity index (χ1) is 7.23. The molecule has 1 spiro atoms. The van der Waals surface area contributed by atoms with Gasteiger partial charge in [0.15, 0.2) is 0 Å². The van der Waals surface area contributed by atoms with Gasteiger partial charge in [0.1, 0.15) is 0 Å². The van der Waals surface area contributed by atoms with Crippen LogP contribution in [0, 0.1) is 5.41 Å². The van der Waals surface area contributed by atoms with E-state index in [1.165, 1.54) is 12.8 Å². The summed E-state index contributed by atoms with van der Waals surface area (Å²) < 4.78 is 0. The number of carbonyl (C=O) groups excluding carboxylic acids is 1. The summed E-state index contributed by atoms with van der Waals surface area (Å²) in [6.45, 7) is 0.959. The van der Waals surface area contributed by atoms with Gasteiger partial charge in [-0.3, -0.25) is 5.32 Å². The van der Waals surface area contributed by atoms with Crippen molar-refractivity contribution in [1.82, 2.24) is 10.6 Å². The second kappa shape index (κ2) is 4.23. The lowest BCUT2D eigenvalue weighted by atomic mass is 9.71. The first-order valence-corrected chi connectivity index (χ1v) is 5.70. The maximum Gasteiger partial charge on any atom is 0.313 e. The van der Waals surface area contributed by atoms with Gasteiger partial charge in [-0.1, -0.05) is 12.2 Å². The summed E-state index contributed by atoms with van der Waals surface area (Å²) in [5, 5.41) is 6.17. The number of amides is 2. The van der Waals surface area contributed by atoms with E-state index in [0.717, 1.165) is 25.8 Å². The Morgan fingerprint density at radius 2 is 2.27 bits per heavy atom. The number of piperidine rings is 1. The maximum absolute atomic E-state index is 10.9. The lowest BCUT2D eigenvalue weighted by molar-refractivity contribution is 0.145. The van der Waals surface area contributed by atoms with Gasteiger partial charge >= 0.3 is 6.03 Å². The van der Waals surface area contributed by atoms with Gasteiger partial charge in [-0.15, -0.1) is 0 Å². The number of allylic oxidation sites excluding steroid dienone is 1. The molecule has 1 heterocycles. The number of hydrogen-bond acceptors (Lipinski definition) is 2. The van der Waals surface area contributed by atoms with Crippen molar-refractivity contribution in [3.8, 4) is 0 Å². The van der Waals surface area contributed by atoms with Gasteiger partial charge in [-0.05, 0) is 38.6 Å². The molecule has 2 unspecified atom stereocenters. The summed E-state index contributed by atoms with van der Waals surface area (Å²) in [7, 11) is 0. The molecule has 0 aromatic heterocycles. The van der Waals surface area contributed by atoms with E-state index in [2.05, 4.69) is 22.8 Å². The molecule has 4 heteroatoms. The molecule has 2 atom stereocenters. The van der Waals surface area contributed by atoms with Crippen LogP contribution in [0.15, 0.2) is 12.2 Å². The number of hydrogen-bond donors (Lipinski definition) is 3. The Labute approximate surface area is 90.3 Å². The average Bonchev–Trinajstić information content (AvgIpc) is 2.23. The normalized spacial score (nSPS) is 35.3. The third kappa shape index (κ3) is 2.15. The molecule has 1 fully saturated rings. The minimum atomic E-state index is -0.437. The molecule has 15 heavy (non-hydrogen) atoms. The fourth-order valence-electron chi connectivity index (χ4n) is 2.75. The standard InChI is InChI=1S/C11H19N3O/c12-10(15)14-9-11(7-4-8-13-9)5-2-1-3-6-11/h2,5,9,13H,1,3-4,6-8H2,(H3,12,14,15). The lowest BCUT2D eigenvalue weighted by Gasteiger charge is -2.44. The highest BCUT2D eigenvalue weighted by Crippen LogP contribution is 2.39. The van der Waals surface area contributed by atoms with Crippen molar-refractivity contribution in [1.29, 1.82) is 0 Å². The number of urea groups is 1. The van der Waals surface area contributed by atoms with Crippen LogP contribution < -0.4 is 16.4 Å². The van der Waals surface area contributed by atoms with E-state index in [0.29, 0.717) is 0 Å². The summed E-state index contributed by atoms with van der Waals surface area (Å²) in [4.78, 5) is 10.9. The molecule has 2 rings (SSSR count). The molecular formula is C11H19N3O. The zero-order valence-corrected chi connectivity index (χ0v) is 8.96. The monoisotopic (exact) mass is 209 g/mol. The van der Waals surface area contributed by atoms with Gasteiger partial charge in [0.25, 0.3) is 0 Å². The van der Waals surface area contributed by atoms with Crippen LogP contribution in [0.2, 0.25) is 0 Å². The molecule has 4 nitrogen and oxygen atoms in total. The largest absolute Gasteiger partial charge is 0.352 e. The van der Waals surface area contributed by atoms with Crippen LogP contribution in [0.25, 0.3) is 0 Å². The highest BCUT2D eigenvalue weighted by atomic mass is 16.2. The van der Waals surface area contributed by atoms with E-state index in [1.54, 1.807) is 0 Å². The van der Waals surface area contributed by atoms with Crippen LogP contribution in [0.4, 0.5) is 4.79 Å². The predicted octanol–water partition coefficient (Wildman–Crippen LogP) is 1.09. The molecule has 2 aliphatic rings. The SMILES string of the molecule is NC(=O)NC1NCCCC12C=CCCC2. The molecule has 0 aromatic rings. The van der Waals surface area contributed by atoms with E-state index in [1.807, 2.05) is 0 Å². The molecule has 1 aliphatic heterocycles. The second-order valence-electron chi connectivity index (χ2n) is 4.53. The molecular weight excluding hydrogens is 190 g/mol. The van der Waals surface area contributed by atoms with Crippen LogP contribution in [0.5, 0.6) is 0 Å². The minimum Gasteiger partial charge on any atom is -0.352 e. The van der Waals surface area contributed by atoms with Crippen molar-refractivity contribution in [2.45, 2.75) is 38.3 Å². The first-order valence-electron chi connectivity index (χ1n) is 5.70. The molecule has 1 saturated heterocycles. The number of primary amides is 1. The molecule has 4 N–H and O–H groups in total. The predicted molar refractivity (Wildman–Crippen MR) is 59.2 cm³/mol. The van der Waals surface area contributed by atoms with Crippen molar-refractivity contribution in [2.24, 2.45) is 11.1 Å². The van der Waals surface area contributed by atoms with Crippen LogP contribution in [-0.2, 0) is 0 Å². The van der Waals surface area contributed by atoms with E-state index in [-0.39, 0.29) is 11.6 Å². The number of rotatable bonds is 1. The van der Waals surface area contributed by atoms with Crippen molar-refractivity contribution in [3.05, 3.63) is 12.2 Å². The minimum absolute atomic E-state index is 0.0142. The van der Waals surface area contributed by atoms with E-state index >= 15 is 0 Å². The fraction of sp³-hybridized carbons (Fsp3) is 0.727. The quantitative estimate of drug-likeness (QED) is 0.566. The van der Waals surface area contributed by atoms with Crippen LogP contribution in [0.3, 0.4) is 0 Å². The second-order valence-corrected chi connectivity index (χ2v) is 4.53. The highest BCUT2D eigenvalue weighted by Gasteiger charge is 2.39. The van der Waals surface area contributed by atoms with Gasteiger partial charge in [-0.25, -0.2) is 4.79 Å². The Morgan fingerprint density at radius 3 is 2.93 bits per heavy atom. The molecule has 1 aliphatic carbocycles. The molecule has 0 aromatic carbocycles. The topological polar surface area (TPSA) is 67.2 Å². The number of carbonyl (C=O) groups is 1. The average molecular weight is 209 g/mol. The van der Waals surface area contributed by atoms with Gasteiger partial charge in [-0.2, -0.15) is 0 Å². The smallest absolute Gasteiger partial charge is 0.313 e. The van der Waals surface area contributed by atoms with Gasteiger partial charge in [0.2, 0.25) is 0 Å². The maximum atomic E-state index is 10.9. The van der Waals surface area contributed by atoms with Crippen LogP contribution in [0.1, 0.15) is 32.1 Å². The van der Waals surface area contributed by atoms with Gasteiger partial charge in [0.05, 0.1) is 6.17 Å². The summed E-state index contributed by atoms with van der Waals surface area (Å²) in [6.07, 6.45) is 10.3. The Hall–Kier alpha value is -1.03. The summed E-state index contributed by atoms with van der Waals surface area (Å²) >= 11 is 0. The van der Waals surface area contributed by atoms with Crippen LogP contribution >= 0.6 is 0 Å². The van der Waals surface area contributed by atoms with Crippen molar-refractivity contribution < 1.29 is 4.79 Å². The molecule has 0 saturated carbocycles. The molecule has 2 amide bonds. The van der Waals surface area contributed by atoms with Crippen molar-refractivity contribution in [2.75, 3.05) is 6.54 Å². The molecule has 84 valence electrons. The zero-order valence-electron chi connectivity index (χ0n) is 8.96. The Bertz CT molecular complexity index is 277. The number of nitrogens with one attached hydrogen (secondary N) is 2. The van der Waals surface area contributed by atoms with E-state index in [9.17, 15) is 4.79 Å². The van der Waals surface area contributed by atoms with Gasteiger partial charge in [0, 0.05) is 5.41 Å². The third-order valence-corrected chi connectivity index (χ3v) is 3.49. The van der Waals surface area contributed by atoms with E-state index in [4.69, 9.17) is 5.73 Å². The highest BCUT2D eigenvalue weighted by molar-refractivity contribution is 5.72. The van der Waals surface area contributed by atoms with E-state index < -0.39 is 6.03 Å². The Morgan fingerprint density at radius 1 is 1.47 bits per heavy atom. The number of nitrogens with two attached hydrogens (primary N) is 1. The van der Waals surface area contributed by atoms with Crippen molar-refractivity contribution >= 4 is 6.03 Å².